The normalized spacial score (nSPS) is 19.8. The Kier molecular flexibility index (Phi) is 5.12. The number of hydrogen-bond donors (Lipinski definition) is 2. The van der Waals surface area contributed by atoms with Crippen LogP contribution < -0.4 is 5.32 Å². The smallest absolute Gasteiger partial charge is 0.0574 e. The predicted molar refractivity (Wildman–Crippen MR) is 67.9 cm³/mol. The molecule has 0 unspecified atom stereocenters. The highest BCUT2D eigenvalue weighted by Gasteiger charge is 2.18. The van der Waals surface area contributed by atoms with Gasteiger partial charge in [0.15, 0.2) is 0 Å². The lowest BCUT2D eigenvalue weighted by Crippen LogP contribution is -2.36. The van der Waals surface area contributed by atoms with Crippen molar-refractivity contribution in [2.45, 2.75) is 25.9 Å². The van der Waals surface area contributed by atoms with Gasteiger partial charge >= 0.3 is 0 Å². The Balaban J connectivity index is 2.77. The van der Waals surface area contributed by atoms with Gasteiger partial charge in [0, 0.05) is 25.8 Å². The molecular formula is C13H22N2O. The van der Waals surface area contributed by atoms with Crippen LogP contribution in [0.4, 0.5) is 0 Å². The summed E-state index contributed by atoms with van der Waals surface area (Å²) in [6.07, 6.45) is 7.36. The molecule has 0 spiro atoms. The summed E-state index contributed by atoms with van der Waals surface area (Å²) in [5, 5.41) is 12.7. The summed E-state index contributed by atoms with van der Waals surface area (Å²) < 4.78 is 0. The minimum Gasteiger partial charge on any atom is -0.393 e. The molecule has 0 aliphatic carbocycles. The van der Waals surface area contributed by atoms with E-state index in [-0.39, 0.29) is 6.10 Å². The second kappa shape index (κ2) is 6.38. The first kappa shape index (κ1) is 12.8. The molecule has 0 aromatic carbocycles. The van der Waals surface area contributed by atoms with Gasteiger partial charge < -0.3 is 15.3 Å². The van der Waals surface area contributed by atoms with Crippen molar-refractivity contribution in [2.75, 3.05) is 20.1 Å². The fourth-order valence-electron chi connectivity index (χ4n) is 1.86. The van der Waals surface area contributed by atoms with Crippen LogP contribution in [0.1, 0.15) is 19.8 Å². The number of aliphatic hydroxyl groups is 1. The Labute approximate surface area is 98.1 Å². The highest BCUT2D eigenvalue weighted by Crippen LogP contribution is 2.18. The Bertz CT molecular complexity index is 286. The topological polar surface area (TPSA) is 35.5 Å². The first-order chi connectivity index (χ1) is 7.69. The zero-order chi connectivity index (χ0) is 12.0. The maximum Gasteiger partial charge on any atom is 0.0574 e. The van der Waals surface area contributed by atoms with Gasteiger partial charge in [-0.3, -0.25) is 0 Å². The summed E-state index contributed by atoms with van der Waals surface area (Å²) in [5.41, 5.74) is 2.34. The van der Waals surface area contributed by atoms with E-state index >= 15 is 0 Å². The average molecular weight is 222 g/mol. The van der Waals surface area contributed by atoms with Gasteiger partial charge in [-0.1, -0.05) is 18.7 Å². The van der Waals surface area contributed by atoms with E-state index in [2.05, 4.69) is 29.8 Å². The fraction of sp³-hybridized carbons (Fsp3) is 0.538. The van der Waals surface area contributed by atoms with Crippen molar-refractivity contribution >= 4 is 0 Å². The lowest BCUT2D eigenvalue weighted by molar-refractivity contribution is 0.0980. The molecule has 2 N–H and O–H groups in total. The second-order valence-electron chi connectivity index (χ2n) is 4.07. The molecule has 1 heterocycles. The van der Waals surface area contributed by atoms with Crippen molar-refractivity contribution in [3.05, 3.63) is 36.2 Å². The van der Waals surface area contributed by atoms with Crippen LogP contribution in [0, 0.1) is 0 Å². The van der Waals surface area contributed by atoms with E-state index in [1.165, 1.54) is 5.70 Å². The zero-order valence-electron chi connectivity index (χ0n) is 10.2. The first-order valence-corrected chi connectivity index (χ1v) is 5.79. The van der Waals surface area contributed by atoms with Crippen molar-refractivity contribution in [3.8, 4) is 0 Å². The van der Waals surface area contributed by atoms with Crippen LogP contribution in [0.15, 0.2) is 36.2 Å². The minimum absolute atomic E-state index is 0.129. The van der Waals surface area contributed by atoms with Crippen molar-refractivity contribution in [1.82, 2.24) is 10.2 Å². The lowest BCUT2D eigenvalue weighted by Gasteiger charge is -2.33. The maximum atomic E-state index is 9.49. The molecule has 0 aromatic heterocycles. The van der Waals surface area contributed by atoms with E-state index in [1.807, 2.05) is 13.1 Å². The molecule has 1 aliphatic rings. The second-order valence-corrected chi connectivity index (χ2v) is 4.07. The molecule has 90 valence electrons. The molecule has 3 nitrogen and oxygen atoms in total. The van der Waals surface area contributed by atoms with Gasteiger partial charge in [0.05, 0.1) is 11.8 Å². The monoisotopic (exact) mass is 222 g/mol. The average Bonchev–Trinajstić information content (AvgIpc) is 2.31. The third-order valence-electron chi connectivity index (χ3n) is 2.95. The third kappa shape index (κ3) is 3.42. The molecular weight excluding hydrogens is 200 g/mol. The zero-order valence-corrected chi connectivity index (χ0v) is 10.2. The van der Waals surface area contributed by atoms with Crippen LogP contribution in [0.5, 0.6) is 0 Å². The molecule has 1 fully saturated rings. The SMILES string of the molecule is C=C/C=C\C(=C(/C)NC)N1CCC(O)CC1. The van der Waals surface area contributed by atoms with Crippen molar-refractivity contribution in [1.29, 1.82) is 0 Å². The van der Waals surface area contributed by atoms with E-state index in [0.717, 1.165) is 31.6 Å². The fourth-order valence-corrected chi connectivity index (χ4v) is 1.86. The van der Waals surface area contributed by atoms with Gasteiger partial charge in [-0.25, -0.2) is 0 Å². The summed E-state index contributed by atoms with van der Waals surface area (Å²) in [7, 11) is 1.93. The van der Waals surface area contributed by atoms with Gasteiger partial charge in [-0.05, 0) is 25.8 Å². The van der Waals surface area contributed by atoms with Gasteiger partial charge in [-0.2, -0.15) is 0 Å². The molecule has 0 atom stereocenters. The quantitative estimate of drug-likeness (QED) is 0.710. The van der Waals surface area contributed by atoms with Crippen molar-refractivity contribution < 1.29 is 5.11 Å². The molecule has 0 radical (unpaired) electrons. The van der Waals surface area contributed by atoms with Gasteiger partial charge in [0.25, 0.3) is 0 Å². The molecule has 1 aliphatic heterocycles. The summed E-state index contributed by atoms with van der Waals surface area (Å²) >= 11 is 0. The van der Waals surface area contributed by atoms with E-state index in [0.29, 0.717) is 0 Å². The Morgan fingerprint density at radius 2 is 2.06 bits per heavy atom. The van der Waals surface area contributed by atoms with E-state index in [1.54, 1.807) is 6.08 Å². The van der Waals surface area contributed by atoms with Crippen LogP contribution in [-0.4, -0.2) is 36.2 Å². The number of aliphatic hydroxyl groups excluding tert-OH is 1. The minimum atomic E-state index is -0.129. The van der Waals surface area contributed by atoms with Crippen LogP contribution in [0.25, 0.3) is 0 Å². The number of nitrogens with one attached hydrogen (secondary N) is 1. The standard InChI is InChI=1S/C13H22N2O/c1-4-5-6-13(11(2)14-3)15-9-7-12(16)8-10-15/h4-6,12,14,16H,1,7-10H2,2-3H3/b6-5-,13-11-. The van der Waals surface area contributed by atoms with Crippen LogP contribution in [0.3, 0.4) is 0 Å². The molecule has 16 heavy (non-hydrogen) atoms. The van der Waals surface area contributed by atoms with Crippen LogP contribution in [0.2, 0.25) is 0 Å². The van der Waals surface area contributed by atoms with Gasteiger partial charge in [0.2, 0.25) is 0 Å². The summed E-state index contributed by atoms with van der Waals surface area (Å²) in [6, 6.07) is 0. The van der Waals surface area contributed by atoms with E-state index < -0.39 is 0 Å². The van der Waals surface area contributed by atoms with Crippen LogP contribution >= 0.6 is 0 Å². The van der Waals surface area contributed by atoms with Gasteiger partial charge in [-0.15, -0.1) is 0 Å². The molecule has 0 bridgehead atoms. The number of nitrogens with zero attached hydrogens (tertiary/aromatic N) is 1. The van der Waals surface area contributed by atoms with Crippen molar-refractivity contribution in [3.63, 3.8) is 0 Å². The number of rotatable bonds is 4. The summed E-state index contributed by atoms with van der Waals surface area (Å²) in [6.45, 7) is 7.58. The third-order valence-corrected chi connectivity index (χ3v) is 2.95. The molecule has 0 saturated carbocycles. The summed E-state index contributed by atoms with van der Waals surface area (Å²) in [4.78, 5) is 2.30. The first-order valence-electron chi connectivity index (χ1n) is 5.79. The number of allylic oxidation sites excluding steroid dienone is 4. The highest BCUT2D eigenvalue weighted by molar-refractivity contribution is 5.25. The summed E-state index contributed by atoms with van der Waals surface area (Å²) in [5.74, 6) is 0. The van der Waals surface area contributed by atoms with Crippen LogP contribution in [-0.2, 0) is 0 Å². The molecule has 3 heteroatoms. The largest absolute Gasteiger partial charge is 0.393 e. The maximum absolute atomic E-state index is 9.49. The molecule has 1 rings (SSSR count). The van der Waals surface area contributed by atoms with E-state index in [4.69, 9.17) is 0 Å². The molecule has 0 aromatic rings. The van der Waals surface area contributed by atoms with Crippen molar-refractivity contribution in [2.24, 2.45) is 0 Å². The Hall–Kier alpha value is -1.22. The number of piperidine rings is 1. The highest BCUT2D eigenvalue weighted by atomic mass is 16.3. The Morgan fingerprint density at radius 1 is 1.44 bits per heavy atom. The lowest BCUT2D eigenvalue weighted by atomic mass is 10.1. The Morgan fingerprint density at radius 3 is 2.56 bits per heavy atom. The van der Waals surface area contributed by atoms with E-state index in [9.17, 15) is 5.11 Å². The number of likely N-dealkylation sites (tertiary alicyclic amines) is 1. The molecule has 1 saturated heterocycles. The van der Waals surface area contributed by atoms with Gasteiger partial charge in [0.1, 0.15) is 0 Å². The number of hydrogen-bond acceptors (Lipinski definition) is 3. The molecule has 0 amide bonds. The predicted octanol–water partition coefficient (Wildman–Crippen LogP) is 1.64.